The van der Waals surface area contributed by atoms with Crippen LogP contribution >= 0.6 is 0 Å². The Labute approximate surface area is 103 Å². The molecule has 0 unspecified atom stereocenters. The van der Waals surface area contributed by atoms with Gasteiger partial charge in [0.2, 0.25) is 5.91 Å². The minimum atomic E-state index is -0.642. The summed E-state index contributed by atoms with van der Waals surface area (Å²) in [5.74, 6) is 0.0636. The topological polar surface area (TPSA) is 65.4 Å². The number of hydrogen-bond donors (Lipinski definition) is 1. The number of amides is 1. The summed E-state index contributed by atoms with van der Waals surface area (Å²) in [6, 6.07) is 2.23. The fraction of sp³-hybridized carbons (Fsp3) is 0.833. The van der Waals surface area contributed by atoms with Crippen LogP contribution in [0, 0.1) is 11.3 Å². The second kappa shape index (κ2) is 6.58. The van der Waals surface area contributed by atoms with E-state index in [9.17, 15) is 4.79 Å². The fourth-order valence-corrected chi connectivity index (χ4v) is 1.96. The number of methoxy groups -OCH3 is 1. The van der Waals surface area contributed by atoms with Crippen molar-refractivity contribution in [3.63, 3.8) is 0 Å². The Hall–Kier alpha value is -1.12. The van der Waals surface area contributed by atoms with Gasteiger partial charge in [-0.3, -0.25) is 9.69 Å². The highest BCUT2D eigenvalue weighted by Crippen LogP contribution is 2.24. The van der Waals surface area contributed by atoms with Gasteiger partial charge in [0.15, 0.2) is 5.60 Å². The van der Waals surface area contributed by atoms with E-state index in [1.165, 1.54) is 0 Å². The van der Waals surface area contributed by atoms with E-state index in [2.05, 4.69) is 16.3 Å². The Morgan fingerprint density at radius 1 is 1.53 bits per heavy atom. The molecule has 0 bridgehead atoms. The van der Waals surface area contributed by atoms with Crippen LogP contribution in [-0.2, 0) is 9.53 Å². The number of carbonyl (C=O) groups excluding carboxylic acids is 1. The van der Waals surface area contributed by atoms with Gasteiger partial charge in [0.25, 0.3) is 0 Å². The Morgan fingerprint density at radius 3 is 2.65 bits per heavy atom. The number of nitrogens with zero attached hydrogens (tertiary/aromatic N) is 2. The molecule has 0 radical (unpaired) electrons. The summed E-state index contributed by atoms with van der Waals surface area (Å²) in [7, 11) is 1.58. The van der Waals surface area contributed by atoms with Crippen LogP contribution in [0.5, 0.6) is 0 Å². The van der Waals surface area contributed by atoms with Crippen LogP contribution in [0.2, 0.25) is 0 Å². The van der Waals surface area contributed by atoms with Gasteiger partial charge >= 0.3 is 0 Å². The first-order chi connectivity index (χ1) is 8.15. The largest absolute Gasteiger partial charge is 0.363 e. The first-order valence-electron chi connectivity index (χ1n) is 6.11. The molecule has 1 saturated heterocycles. The van der Waals surface area contributed by atoms with Gasteiger partial charge in [0.1, 0.15) is 0 Å². The lowest BCUT2D eigenvalue weighted by molar-refractivity contribution is -0.123. The molecule has 1 N–H and O–H groups in total. The van der Waals surface area contributed by atoms with Crippen LogP contribution in [0.25, 0.3) is 0 Å². The third-order valence-corrected chi connectivity index (χ3v) is 3.20. The SMILES string of the molecule is CCCNC(=O)CN1CCC(C#N)(OC)CC1. The average molecular weight is 239 g/mol. The van der Waals surface area contributed by atoms with E-state index in [4.69, 9.17) is 10.00 Å². The van der Waals surface area contributed by atoms with E-state index in [1.807, 2.05) is 6.92 Å². The molecular weight excluding hydrogens is 218 g/mol. The zero-order valence-electron chi connectivity index (χ0n) is 10.7. The van der Waals surface area contributed by atoms with Gasteiger partial charge in [0, 0.05) is 39.6 Å². The molecule has 0 saturated carbocycles. The Kier molecular flexibility index (Phi) is 5.39. The van der Waals surface area contributed by atoms with Crippen molar-refractivity contribution < 1.29 is 9.53 Å². The van der Waals surface area contributed by atoms with Crippen molar-refractivity contribution in [2.75, 3.05) is 33.3 Å². The third kappa shape index (κ3) is 3.99. The fourth-order valence-electron chi connectivity index (χ4n) is 1.96. The molecule has 5 nitrogen and oxygen atoms in total. The molecule has 0 aromatic carbocycles. The molecule has 17 heavy (non-hydrogen) atoms. The molecule has 0 aromatic heterocycles. The summed E-state index contributed by atoms with van der Waals surface area (Å²) in [4.78, 5) is 13.6. The maximum Gasteiger partial charge on any atom is 0.234 e. The normalized spacial score (nSPS) is 19.6. The minimum Gasteiger partial charge on any atom is -0.363 e. The molecule has 1 aliphatic heterocycles. The number of carbonyl (C=O) groups is 1. The summed E-state index contributed by atoms with van der Waals surface area (Å²) in [6.45, 7) is 4.65. The molecule has 0 atom stereocenters. The number of likely N-dealkylation sites (tertiary alicyclic amines) is 1. The molecule has 1 amide bonds. The van der Waals surface area contributed by atoms with Crippen LogP contribution in [0.15, 0.2) is 0 Å². The van der Waals surface area contributed by atoms with Crippen LogP contribution in [0.1, 0.15) is 26.2 Å². The second-order valence-electron chi connectivity index (χ2n) is 4.44. The quantitative estimate of drug-likeness (QED) is 0.759. The van der Waals surface area contributed by atoms with E-state index in [0.717, 1.165) is 26.1 Å². The number of nitrogens with one attached hydrogen (secondary N) is 1. The maximum atomic E-state index is 11.5. The maximum absolute atomic E-state index is 11.5. The average Bonchev–Trinajstić information content (AvgIpc) is 2.38. The van der Waals surface area contributed by atoms with E-state index in [1.54, 1.807) is 7.11 Å². The molecule has 1 fully saturated rings. The van der Waals surface area contributed by atoms with Gasteiger partial charge in [0.05, 0.1) is 12.6 Å². The zero-order valence-corrected chi connectivity index (χ0v) is 10.7. The van der Waals surface area contributed by atoms with Gasteiger partial charge < -0.3 is 10.1 Å². The predicted molar refractivity (Wildman–Crippen MR) is 64.3 cm³/mol. The van der Waals surface area contributed by atoms with Crippen molar-refractivity contribution in [1.29, 1.82) is 5.26 Å². The standard InChI is InChI=1S/C12H21N3O2/c1-3-6-14-11(16)9-15-7-4-12(10-13,17-2)5-8-15/h3-9H2,1-2H3,(H,14,16). The van der Waals surface area contributed by atoms with Crippen LogP contribution in [0.4, 0.5) is 0 Å². The molecule has 0 aliphatic carbocycles. The van der Waals surface area contributed by atoms with Crippen molar-refractivity contribution in [3.05, 3.63) is 0 Å². The number of nitriles is 1. The van der Waals surface area contributed by atoms with Crippen LogP contribution in [0.3, 0.4) is 0 Å². The molecule has 5 heteroatoms. The molecule has 0 spiro atoms. The van der Waals surface area contributed by atoms with E-state index in [0.29, 0.717) is 19.4 Å². The Balaban J connectivity index is 2.32. The summed E-state index contributed by atoms with van der Waals surface area (Å²) in [5.41, 5.74) is -0.642. The van der Waals surface area contributed by atoms with Crippen molar-refractivity contribution in [3.8, 4) is 6.07 Å². The summed E-state index contributed by atoms with van der Waals surface area (Å²) < 4.78 is 5.26. The number of piperidine rings is 1. The van der Waals surface area contributed by atoms with Crippen LogP contribution in [-0.4, -0.2) is 49.7 Å². The van der Waals surface area contributed by atoms with Crippen molar-refractivity contribution >= 4 is 5.91 Å². The van der Waals surface area contributed by atoms with Crippen LogP contribution < -0.4 is 5.32 Å². The molecule has 1 aliphatic rings. The predicted octanol–water partition coefficient (Wildman–Crippen LogP) is 0.517. The Morgan fingerprint density at radius 2 is 2.18 bits per heavy atom. The smallest absolute Gasteiger partial charge is 0.234 e. The monoisotopic (exact) mass is 239 g/mol. The summed E-state index contributed by atoms with van der Waals surface area (Å²) in [5, 5.41) is 11.9. The van der Waals surface area contributed by atoms with Crippen molar-refractivity contribution in [2.24, 2.45) is 0 Å². The highest BCUT2D eigenvalue weighted by atomic mass is 16.5. The molecule has 96 valence electrons. The molecule has 1 rings (SSSR count). The lowest BCUT2D eigenvalue weighted by Crippen LogP contribution is -2.47. The van der Waals surface area contributed by atoms with Crippen molar-refractivity contribution in [2.45, 2.75) is 31.8 Å². The van der Waals surface area contributed by atoms with Gasteiger partial charge in [-0.1, -0.05) is 6.92 Å². The lowest BCUT2D eigenvalue weighted by atomic mass is 9.93. The van der Waals surface area contributed by atoms with Gasteiger partial charge in [-0.15, -0.1) is 0 Å². The summed E-state index contributed by atoms with van der Waals surface area (Å²) >= 11 is 0. The van der Waals surface area contributed by atoms with E-state index < -0.39 is 5.60 Å². The Bertz CT molecular complexity index is 291. The first kappa shape index (κ1) is 13.9. The molecular formula is C12H21N3O2. The van der Waals surface area contributed by atoms with Gasteiger partial charge in [-0.05, 0) is 6.42 Å². The van der Waals surface area contributed by atoms with E-state index >= 15 is 0 Å². The third-order valence-electron chi connectivity index (χ3n) is 3.20. The van der Waals surface area contributed by atoms with Gasteiger partial charge in [-0.25, -0.2) is 0 Å². The number of ether oxygens (including phenoxy) is 1. The van der Waals surface area contributed by atoms with E-state index in [-0.39, 0.29) is 5.91 Å². The number of rotatable bonds is 5. The number of hydrogen-bond acceptors (Lipinski definition) is 4. The highest BCUT2D eigenvalue weighted by molar-refractivity contribution is 5.77. The zero-order chi connectivity index (χ0) is 12.7. The molecule has 0 aromatic rings. The lowest BCUT2D eigenvalue weighted by Gasteiger charge is -2.35. The molecule has 1 heterocycles. The minimum absolute atomic E-state index is 0.0636. The van der Waals surface area contributed by atoms with Crippen molar-refractivity contribution in [1.82, 2.24) is 10.2 Å². The van der Waals surface area contributed by atoms with Gasteiger partial charge in [-0.2, -0.15) is 5.26 Å². The highest BCUT2D eigenvalue weighted by Gasteiger charge is 2.34. The first-order valence-corrected chi connectivity index (χ1v) is 6.11. The second-order valence-corrected chi connectivity index (χ2v) is 4.44. The summed E-state index contributed by atoms with van der Waals surface area (Å²) in [6.07, 6.45) is 2.29.